The van der Waals surface area contributed by atoms with Gasteiger partial charge in [0.15, 0.2) is 0 Å². The van der Waals surface area contributed by atoms with Gasteiger partial charge in [-0.05, 0) is 6.92 Å². The predicted molar refractivity (Wildman–Crippen MR) is 33.8 cm³/mol. The maximum Gasteiger partial charge on any atom is 0.0447 e. The van der Waals surface area contributed by atoms with Crippen molar-refractivity contribution in [1.29, 1.82) is 0 Å². The fraction of sp³-hybridized carbons (Fsp3) is 0.600. The van der Waals surface area contributed by atoms with Crippen LogP contribution in [0.3, 0.4) is 0 Å². The highest BCUT2D eigenvalue weighted by atomic mass is 28.2. The van der Waals surface area contributed by atoms with Gasteiger partial charge in [-0.15, -0.1) is 5.70 Å². The second-order valence-electron chi connectivity index (χ2n) is 1.36. The molecule has 0 nitrogen and oxygen atoms in total. The Bertz CT molecular complexity index is 39.2. The van der Waals surface area contributed by atoms with E-state index in [9.17, 15) is 0 Å². The van der Waals surface area contributed by atoms with Gasteiger partial charge in [0.05, 0.1) is 0 Å². The second kappa shape index (κ2) is 4.96. The Kier molecular flexibility index (Phi) is 4.92. The van der Waals surface area contributed by atoms with Crippen molar-refractivity contribution in [3.05, 3.63) is 11.8 Å². The average Bonchev–Trinajstić information content (AvgIpc) is 1.61. The standard InChI is InChI=1S/C5H12Si/c1-3-5-6-4-2/h3,5H,4,6H2,1-2H3. The molecule has 0 aliphatic rings. The zero-order valence-corrected chi connectivity index (χ0v) is 5.98. The molecule has 0 bridgehead atoms. The number of hydrogen-bond acceptors (Lipinski definition) is 0. The molecule has 6 heavy (non-hydrogen) atoms. The summed E-state index contributed by atoms with van der Waals surface area (Å²) in [6.07, 6.45) is 2.15. The predicted octanol–water partition coefficient (Wildman–Crippen LogP) is 1.13. The van der Waals surface area contributed by atoms with Crippen molar-refractivity contribution in [1.82, 2.24) is 0 Å². The van der Waals surface area contributed by atoms with E-state index in [0.717, 1.165) is 0 Å². The van der Waals surface area contributed by atoms with Gasteiger partial charge >= 0.3 is 0 Å². The lowest BCUT2D eigenvalue weighted by atomic mass is 10.8. The zero-order valence-electron chi connectivity index (χ0n) is 4.57. The first-order chi connectivity index (χ1) is 2.91. The fourth-order valence-electron chi connectivity index (χ4n) is 0.333. The summed E-state index contributed by atoms with van der Waals surface area (Å²) in [6, 6.07) is 1.41. The van der Waals surface area contributed by atoms with E-state index in [1.807, 2.05) is 0 Å². The topological polar surface area (TPSA) is 0 Å². The molecule has 0 N–H and O–H groups in total. The van der Waals surface area contributed by atoms with Crippen LogP contribution in [-0.4, -0.2) is 9.52 Å². The molecular weight excluding hydrogens is 88.1 g/mol. The fourth-order valence-corrected chi connectivity index (χ4v) is 1.00. The minimum Gasteiger partial charge on any atom is -0.106 e. The normalized spacial score (nSPS) is 12.3. The van der Waals surface area contributed by atoms with Crippen LogP contribution in [0.5, 0.6) is 0 Å². The summed E-state index contributed by atoms with van der Waals surface area (Å²) in [7, 11) is 0.241. The number of allylic oxidation sites excluding steroid dienone is 1. The monoisotopic (exact) mass is 100 g/mol. The lowest BCUT2D eigenvalue weighted by Crippen LogP contribution is -1.74. The Morgan fingerprint density at radius 3 is 2.50 bits per heavy atom. The molecule has 0 unspecified atom stereocenters. The maximum absolute atomic E-state index is 2.32. The molecule has 0 fully saturated rings. The number of rotatable bonds is 2. The van der Waals surface area contributed by atoms with Crippen LogP contribution in [0.2, 0.25) is 6.04 Å². The summed E-state index contributed by atoms with van der Waals surface area (Å²) < 4.78 is 0. The highest BCUT2D eigenvalue weighted by molar-refractivity contribution is 6.41. The van der Waals surface area contributed by atoms with Crippen LogP contribution in [0.25, 0.3) is 0 Å². The van der Waals surface area contributed by atoms with E-state index in [-0.39, 0.29) is 9.52 Å². The molecule has 0 spiro atoms. The van der Waals surface area contributed by atoms with Gasteiger partial charge in [0, 0.05) is 9.52 Å². The highest BCUT2D eigenvalue weighted by Crippen LogP contribution is 1.73. The molecule has 0 aromatic heterocycles. The largest absolute Gasteiger partial charge is 0.106 e. The van der Waals surface area contributed by atoms with Crippen molar-refractivity contribution >= 4 is 9.52 Å². The SMILES string of the molecule is CC=C[SiH2]CC. The smallest absolute Gasteiger partial charge is 0.0447 e. The minimum absolute atomic E-state index is 0.241. The van der Waals surface area contributed by atoms with E-state index in [1.54, 1.807) is 0 Å². The van der Waals surface area contributed by atoms with Crippen LogP contribution in [0.4, 0.5) is 0 Å². The van der Waals surface area contributed by atoms with Crippen molar-refractivity contribution in [2.24, 2.45) is 0 Å². The van der Waals surface area contributed by atoms with Crippen molar-refractivity contribution in [2.75, 3.05) is 0 Å². The molecule has 0 rings (SSSR count). The van der Waals surface area contributed by atoms with Crippen molar-refractivity contribution in [3.8, 4) is 0 Å². The van der Waals surface area contributed by atoms with Gasteiger partial charge in [0.2, 0.25) is 0 Å². The van der Waals surface area contributed by atoms with E-state index >= 15 is 0 Å². The van der Waals surface area contributed by atoms with E-state index in [4.69, 9.17) is 0 Å². The van der Waals surface area contributed by atoms with Gasteiger partial charge in [-0.25, -0.2) is 0 Å². The van der Waals surface area contributed by atoms with E-state index in [2.05, 4.69) is 25.6 Å². The molecule has 0 aliphatic heterocycles. The molecule has 0 saturated heterocycles. The highest BCUT2D eigenvalue weighted by Gasteiger charge is 1.66. The van der Waals surface area contributed by atoms with Crippen LogP contribution < -0.4 is 0 Å². The van der Waals surface area contributed by atoms with Crippen LogP contribution in [-0.2, 0) is 0 Å². The lowest BCUT2D eigenvalue weighted by molar-refractivity contribution is 1.46. The summed E-state index contributed by atoms with van der Waals surface area (Å²) in [4.78, 5) is 0. The van der Waals surface area contributed by atoms with E-state index < -0.39 is 0 Å². The van der Waals surface area contributed by atoms with Crippen molar-refractivity contribution in [3.63, 3.8) is 0 Å². The Balaban J connectivity index is 2.66. The molecule has 0 aromatic carbocycles. The first-order valence-electron chi connectivity index (χ1n) is 2.53. The molecule has 1 heteroatoms. The summed E-state index contributed by atoms with van der Waals surface area (Å²) in [6.45, 7) is 4.33. The first kappa shape index (κ1) is 5.96. The molecule has 0 aliphatic carbocycles. The van der Waals surface area contributed by atoms with Crippen molar-refractivity contribution in [2.45, 2.75) is 19.9 Å². The molecule has 0 atom stereocenters. The number of hydrogen-bond donors (Lipinski definition) is 0. The van der Waals surface area contributed by atoms with E-state index in [1.165, 1.54) is 6.04 Å². The molecule has 0 saturated carbocycles. The third kappa shape index (κ3) is 3.96. The summed E-state index contributed by atoms with van der Waals surface area (Å²) in [5.74, 6) is 0. The Morgan fingerprint density at radius 1 is 1.67 bits per heavy atom. The third-order valence-electron chi connectivity index (χ3n) is 0.691. The first-order valence-corrected chi connectivity index (χ1v) is 4.34. The summed E-state index contributed by atoms with van der Waals surface area (Å²) in [5.41, 5.74) is 2.32. The van der Waals surface area contributed by atoms with Gasteiger partial charge in [-0.3, -0.25) is 0 Å². The molecule has 36 valence electrons. The Hall–Kier alpha value is -0.0431. The van der Waals surface area contributed by atoms with Gasteiger partial charge in [-0.1, -0.05) is 19.0 Å². The summed E-state index contributed by atoms with van der Waals surface area (Å²) in [5, 5.41) is 0. The molecule has 0 aromatic rings. The van der Waals surface area contributed by atoms with E-state index in [0.29, 0.717) is 0 Å². The van der Waals surface area contributed by atoms with Gasteiger partial charge in [0.25, 0.3) is 0 Å². The molecular formula is C5H12Si. The Morgan fingerprint density at radius 2 is 2.33 bits per heavy atom. The quantitative estimate of drug-likeness (QED) is 0.456. The van der Waals surface area contributed by atoms with Crippen LogP contribution in [0.15, 0.2) is 11.8 Å². The van der Waals surface area contributed by atoms with Crippen LogP contribution in [0.1, 0.15) is 13.8 Å². The minimum atomic E-state index is 0.241. The van der Waals surface area contributed by atoms with Crippen LogP contribution >= 0.6 is 0 Å². The van der Waals surface area contributed by atoms with Gasteiger partial charge in [-0.2, -0.15) is 0 Å². The van der Waals surface area contributed by atoms with Gasteiger partial charge < -0.3 is 0 Å². The Labute approximate surface area is 42.1 Å². The summed E-state index contributed by atoms with van der Waals surface area (Å²) >= 11 is 0. The third-order valence-corrected chi connectivity index (χ3v) is 2.07. The van der Waals surface area contributed by atoms with Gasteiger partial charge in [0.1, 0.15) is 0 Å². The molecule has 0 amide bonds. The van der Waals surface area contributed by atoms with Crippen LogP contribution in [0, 0.1) is 0 Å². The van der Waals surface area contributed by atoms with Crippen molar-refractivity contribution < 1.29 is 0 Å². The second-order valence-corrected chi connectivity index (χ2v) is 3.41. The zero-order chi connectivity index (χ0) is 4.83. The maximum atomic E-state index is 2.32. The molecule has 0 heterocycles. The average molecular weight is 100 g/mol. The molecule has 0 radical (unpaired) electrons. The lowest BCUT2D eigenvalue weighted by Gasteiger charge is -1.74.